The van der Waals surface area contributed by atoms with Crippen molar-refractivity contribution in [3.8, 4) is 0 Å². The lowest BCUT2D eigenvalue weighted by Crippen LogP contribution is -2.43. The van der Waals surface area contributed by atoms with Gasteiger partial charge in [0.05, 0.1) is 5.92 Å². The van der Waals surface area contributed by atoms with E-state index in [1.165, 1.54) is 0 Å². The van der Waals surface area contributed by atoms with E-state index < -0.39 is 0 Å². The van der Waals surface area contributed by atoms with E-state index in [0.717, 1.165) is 24.1 Å². The first-order chi connectivity index (χ1) is 11.6. The zero-order valence-corrected chi connectivity index (χ0v) is 13.7. The van der Waals surface area contributed by atoms with Gasteiger partial charge in [0.25, 0.3) is 5.91 Å². The van der Waals surface area contributed by atoms with E-state index in [2.05, 4.69) is 10.3 Å². The summed E-state index contributed by atoms with van der Waals surface area (Å²) in [5, 5.41) is 2.96. The number of piperidine rings is 1. The van der Waals surface area contributed by atoms with Gasteiger partial charge in [-0.1, -0.05) is 18.2 Å². The highest BCUT2D eigenvalue weighted by atomic mass is 16.2. The first-order valence-corrected chi connectivity index (χ1v) is 8.21. The number of nitrogens with one attached hydrogen (secondary N) is 1. The van der Waals surface area contributed by atoms with Gasteiger partial charge in [-0.25, -0.2) is 0 Å². The molecule has 1 aromatic carbocycles. The van der Waals surface area contributed by atoms with Gasteiger partial charge < -0.3 is 10.2 Å². The molecule has 1 saturated heterocycles. The van der Waals surface area contributed by atoms with Crippen LogP contribution in [0.15, 0.2) is 48.8 Å². The molecule has 0 bridgehead atoms. The molecule has 1 fully saturated rings. The first-order valence-electron chi connectivity index (χ1n) is 8.21. The smallest absolute Gasteiger partial charge is 0.253 e. The lowest BCUT2D eigenvalue weighted by atomic mass is 9.96. The average molecular weight is 323 g/mol. The molecule has 1 aliphatic heterocycles. The number of aromatic nitrogens is 1. The fraction of sp³-hybridized carbons (Fsp3) is 0.316. The van der Waals surface area contributed by atoms with Crippen molar-refractivity contribution in [3.63, 3.8) is 0 Å². The molecular weight excluding hydrogens is 302 g/mol. The van der Waals surface area contributed by atoms with Crippen molar-refractivity contribution >= 4 is 17.5 Å². The van der Waals surface area contributed by atoms with Gasteiger partial charge in [0, 0.05) is 36.7 Å². The largest absolute Gasteiger partial charge is 0.338 e. The zero-order chi connectivity index (χ0) is 16.9. The minimum atomic E-state index is -0.182. The van der Waals surface area contributed by atoms with Gasteiger partial charge in [0.1, 0.15) is 0 Å². The summed E-state index contributed by atoms with van der Waals surface area (Å²) >= 11 is 0. The summed E-state index contributed by atoms with van der Waals surface area (Å²) in [4.78, 5) is 30.9. The summed E-state index contributed by atoms with van der Waals surface area (Å²) in [6, 6.07) is 11.0. The van der Waals surface area contributed by atoms with Gasteiger partial charge in [-0.05, 0) is 43.5 Å². The Morgan fingerprint density at radius 3 is 2.75 bits per heavy atom. The lowest BCUT2D eigenvalue weighted by Gasteiger charge is -2.32. The third-order valence-corrected chi connectivity index (χ3v) is 4.38. The molecule has 5 heteroatoms. The number of carbonyl (C=O) groups is 2. The Labute approximate surface area is 141 Å². The molecule has 2 amide bonds. The SMILES string of the molecule is Cc1cnccc1NC(=O)C1CCCN(C(=O)c2ccccc2)C1. The normalized spacial score (nSPS) is 17.4. The molecule has 3 rings (SSSR count). The van der Waals surface area contributed by atoms with Crippen LogP contribution in [-0.2, 0) is 4.79 Å². The topological polar surface area (TPSA) is 62.3 Å². The maximum absolute atomic E-state index is 12.6. The molecule has 0 aliphatic carbocycles. The van der Waals surface area contributed by atoms with Crippen molar-refractivity contribution in [1.29, 1.82) is 0 Å². The summed E-state index contributed by atoms with van der Waals surface area (Å²) in [6.07, 6.45) is 5.02. The number of aryl methyl sites for hydroxylation is 1. The van der Waals surface area contributed by atoms with E-state index in [4.69, 9.17) is 0 Å². The van der Waals surface area contributed by atoms with E-state index in [0.29, 0.717) is 18.7 Å². The minimum absolute atomic E-state index is 0.00630. The first kappa shape index (κ1) is 16.2. The summed E-state index contributed by atoms with van der Waals surface area (Å²) in [5.74, 6) is -0.220. The molecule has 2 heterocycles. The third kappa shape index (κ3) is 3.62. The second-order valence-corrected chi connectivity index (χ2v) is 6.14. The Kier molecular flexibility index (Phi) is 4.89. The van der Waals surface area contributed by atoms with Crippen LogP contribution >= 0.6 is 0 Å². The fourth-order valence-corrected chi connectivity index (χ4v) is 2.99. The molecule has 0 spiro atoms. The summed E-state index contributed by atoms with van der Waals surface area (Å²) < 4.78 is 0. The van der Waals surface area contributed by atoms with Gasteiger partial charge >= 0.3 is 0 Å². The van der Waals surface area contributed by atoms with Crippen LogP contribution in [-0.4, -0.2) is 34.8 Å². The molecule has 5 nitrogen and oxygen atoms in total. The molecule has 1 N–H and O–H groups in total. The fourth-order valence-electron chi connectivity index (χ4n) is 2.99. The quantitative estimate of drug-likeness (QED) is 0.945. The van der Waals surface area contributed by atoms with Crippen LogP contribution in [0.1, 0.15) is 28.8 Å². The predicted molar refractivity (Wildman–Crippen MR) is 92.7 cm³/mol. The van der Waals surface area contributed by atoms with Gasteiger partial charge in [-0.3, -0.25) is 14.6 Å². The molecule has 1 unspecified atom stereocenters. The molecule has 1 aliphatic rings. The van der Waals surface area contributed by atoms with Gasteiger partial charge in [-0.2, -0.15) is 0 Å². The number of hydrogen-bond acceptors (Lipinski definition) is 3. The van der Waals surface area contributed by atoms with Crippen molar-refractivity contribution in [3.05, 3.63) is 59.9 Å². The van der Waals surface area contributed by atoms with Crippen molar-refractivity contribution in [2.45, 2.75) is 19.8 Å². The number of carbonyl (C=O) groups excluding carboxylic acids is 2. The van der Waals surface area contributed by atoms with Crippen molar-refractivity contribution in [2.24, 2.45) is 5.92 Å². The molecular formula is C19H21N3O2. The van der Waals surface area contributed by atoms with E-state index in [-0.39, 0.29) is 17.7 Å². The van der Waals surface area contributed by atoms with Gasteiger partial charge in [0.2, 0.25) is 5.91 Å². The average Bonchev–Trinajstić information content (AvgIpc) is 2.64. The Balaban J connectivity index is 1.66. The van der Waals surface area contributed by atoms with Gasteiger partial charge in [0.15, 0.2) is 0 Å². The molecule has 124 valence electrons. The number of benzene rings is 1. The van der Waals surface area contributed by atoms with Crippen molar-refractivity contribution in [1.82, 2.24) is 9.88 Å². The molecule has 0 saturated carbocycles. The highest BCUT2D eigenvalue weighted by molar-refractivity contribution is 5.96. The maximum atomic E-state index is 12.6. The molecule has 2 aromatic rings. The monoisotopic (exact) mass is 323 g/mol. The Hall–Kier alpha value is -2.69. The Morgan fingerprint density at radius 1 is 1.21 bits per heavy atom. The number of amides is 2. The maximum Gasteiger partial charge on any atom is 0.253 e. The number of pyridine rings is 1. The highest BCUT2D eigenvalue weighted by Gasteiger charge is 2.29. The second-order valence-electron chi connectivity index (χ2n) is 6.14. The standard InChI is InChI=1S/C19H21N3O2/c1-14-12-20-10-9-17(14)21-18(23)16-8-5-11-22(13-16)19(24)15-6-3-2-4-7-15/h2-4,6-7,9-10,12,16H,5,8,11,13H2,1H3,(H,20,21,23). The van der Waals surface area contributed by atoms with Crippen LogP contribution in [0.25, 0.3) is 0 Å². The summed E-state index contributed by atoms with van der Waals surface area (Å²) in [5.41, 5.74) is 2.38. The highest BCUT2D eigenvalue weighted by Crippen LogP contribution is 2.21. The summed E-state index contributed by atoms with van der Waals surface area (Å²) in [7, 11) is 0. The molecule has 24 heavy (non-hydrogen) atoms. The Morgan fingerprint density at radius 2 is 2.00 bits per heavy atom. The summed E-state index contributed by atoms with van der Waals surface area (Å²) in [6.45, 7) is 3.07. The number of hydrogen-bond donors (Lipinski definition) is 1. The zero-order valence-electron chi connectivity index (χ0n) is 13.7. The van der Waals surface area contributed by atoms with Crippen LogP contribution in [0.3, 0.4) is 0 Å². The van der Waals surface area contributed by atoms with E-state index in [1.807, 2.05) is 37.3 Å². The van der Waals surface area contributed by atoms with E-state index in [1.54, 1.807) is 23.4 Å². The number of likely N-dealkylation sites (tertiary alicyclic amines) is 1. The van der Waals surface area contributed by atoms with E-state index in [9.17, 15) is 9.59 Å². The van der Waals surface area contributed by atoms with Gasteiger partial charge in [-0.15, -0.1) is 0 Å². The molecule has 0 radical (unpaired) electrons. The number of anilines is 1. The van der Waals surface area contributed by atoms with Crippen LogP contribution < -0.4 is 5.32 Å². The number of nitrogens with zero attached hydrogens (tertiary/aromatic N) is 2. The van der Waals surface area contributed by atoms with Crippen LogP contribution in [0.4, 0.5) is 5.69 Å². The van der Waals surface area contributed by atoms with Crippen molar-refractivity contribution < 1.29 is 9.59 Å². The van der Waals surface area contributed by atoms with Crippen molar-refractivity contribution in [2.75, 3.05) is 18.4 Å². The van der Waals surface area contributed by atoms with Crippen LogP contribution in [0.2, 0.25) is 0 Å². The lowest BCUT2D eigenvalue weighted by molar-refractivity contribution is -0.121. The van der Waals surface area contributed by atoms with Crippen LogP contribution in [0.5, 0.6) is 0 Å². The molecule has 1 aromatic heterocycles. The minimum Gasteiger partial charge on any atom is -0.338 e. The molecule has 1 atom stereocenters. The predicted octanol–water partition coefficient (Wildman–Crippen LogP) is 2.88. The number of rotatable bonds is 3. The third-order valence-electron chi connectivity index (χ3n) is 4.38. The van der Waals surface area contributed by atoms with E-state index >= 15 is 0 Å². The second kappa shape index (κ2) is 7.25. The van der Waals surface area contributed by atoms with Crippen LogP contribution in [0, 0.1) is 12.8 Å². The Bertz CT molecular complexity index is 730.